The second kappa shape index (κ2) is 18.1. The van der Waals surface area contributed by atoms with Crippen LogP contribution in [0.3, 0.4) is 0 Å². The van der Waals surface area contributed by atoms with Gasteiger partial charge in [-0.3, -0.25) is 15.0 Å². The van der Waals surface area contributed by atoms with Crippen molar-refractivity contribution < 1.29 is 28.5 Å². The normalized spacial score (nSPS) is 10.6. The van der Waals surface area contributed by atoms with Crippen LogP contribution in [0.4, 0.5) is 0 Å². The van der Waals surface area contributed by atoms with Crippen LogP contribution in [0.15, 0.2) is 42.5 Å². The molecule has 0 fully saturated rings. The molecule has 0 aliphatic carbocycles. The van der Waals surface area contributed by atoms with Gasteiger partial charge in [0, 0.05) is 37.8 Å². The molecule has 9 nitrogen and oxygen atoms in total. The van der Waals surface area contributed by atoms with E-state index in [-0.39, 0.29) is 48.8 Å². The first-order chi connectivity index (χ1) is 19.0. The molecule has 0 aliphatic heterocycles. The number of halogens is 1. The van der Waals surface area contributed by atoms with E-state index in [1.165, 1.54) is 4.90 Å². The zero-order valence-corrected chi connectivity index (χ0v) is 26.2. The second-order valence-electron chi connectivity index (χ2n) is 10.2. The predicted octanol–water partition coefficient (Wildman–Crippen LogP) is 5.82. The fourth-order valence-electron chi connectivity index (χ4n) is 4.05. The van der Waals surface area contributed by atoms with Crippen LogP contribution in [0.25, 0.3) is 0 Å². The van der Waals surface area contributed by atoms with Gasteiger partial charge in [0.1, 0.15) is 17.2 Å². The Hall–Kier alpha value is -3.46. The fraction of sp³-hybridized carbons (Fsp3) is 0.516. The average Bonchev–Trinajstić information content (AvgIpc) is 2.91. The summed E-state index contributed by atoms with van der Waals surface area (Å²) in [7, 11) is 3.32. The van der Waals surface area contributed by atoms with Crippen molar-refractivity contribution in [1.29, 1.82) is 5.41 Å². The van der Waals surface area contributed by atoms with Crippen molar-refractivity contribution in [1.82, 2.24) is 9.80 Å². The molecule has 0 saturated carbocycles. The second-order valence-corrected chi connectivity index (χ2v) is 10.2. The molecular weight excluding hydrogens is 546 g/mol. The number of amides is 2. The Kier molecular flexibility index (Phi) is 15.7. The maximum Gasteiger partial charge on any atom is 0.259 e. The maximum absolute atomic E-state index is 13.4. The lowest BCUT2D eigenvalue weighted by molar-refractivity contribution is -0.130. The largest absolute Gasteiger partial charge is 0.494 e. The number of hydrogen-bond acceptors (Lipinski definition) is 7. The molecule has 0 spiro atoms. The summed E-state index contributed by atoms with van der Waals surface area (Å²) in [6, 6.07) is 12.5. The zero-order valence-electron chi connectivity index (χ0n) is 25.4. The molecule has 2 aromatic rings. The van der Waals surface area contributed by atoms with Gasteiger partial charge in [0.2, 0.25) is 5.90 Å². The van der Waals surface area contributed by atoms with Crippen LogP contribution in [0.2, 0.25) is 0 Å². The molecule has 0 bridgehead atoms. The van der Waals surface area contributed by atoms with Crippen LogP contribution >= 0.6 is 12.4 Å². The van der Waals surface area contributed by atoms with E-state index in [0.717, 1.165) is 30.6 Å². The van der Waals surface area contributed by atoms with Crippen molar-refractivity contribution >= 4 is 30.1 Å². The first kappa shape index (κ1) is 35.6. The molecule has 10 heteroatoms. The summed E-state index contributed by atoms with van der Waals surface area (Å²) < 4.78 is 22.8. The Morgan fingerprint density at radius 3 is 1.93 bits per heavy atom. The van der Waals surface area contributed by atoms with Crippen molar-refractivity contribution in [2.24, 2.45) is 0 Å². The number of unbranched alkanes of at least 4 members (excludes halogenated alkanes) is 2. The molecule has 2 amide bonds. The van der Waals surface area contributed by atoms with Crippen molar-refractivity contribution in [3.8, 4) is 17.2 Å². The average molecular weight is 592 g/mol. The van der Waals surface area contributed by atoms with Crippen LogP contribution in [0.5, 0.6) is 17.2 Å². The number of carbonyl (C=O) groups excluding carboxylic acids is 2. The first-order valence-electron chi connectivity index (χ1n) is 13.9. The number of carbonyl (C=O) groups is 2. The van der Waals surface area contributed by atoms with E-state index in [4.69, 9.17) is 24.4 Å². The summed E-state index contributed by atoms with van der Waals surface area (Å²) >= 11 is 0. The predicted molar refractivity (Wildman–Crippen MR) is 164 cm³/mol. The van der Waals surface area contributed by atoms with E-state index in [9.17, 15) is 9.59 Å². The van der Waals surface area contributed by atoms with Gasteiger partial charge >= 0.3 is 0 Å². The number of likely N-dealkylation sites (N-methyl/N-ethyl adjacent to an activating group) is 1. The zero-order chi connectivity index (χ0) is 29.7. The van der Waals surface area contributed by atoms with Gasteiger partial charge in [-0.25, -0.2) is 0 Å². The summed E-state index contributed by atoms with van der Waals surface area (Å²) in [6.07, 6.45) is 2.62. The van der Waals surface area contributed by atoms with Crippen LogP contribution in [-0.2, 0) is 9.53 Å². The molecule has 0 unspecified atom stereocenters. The highest BCUT2D eigenvalue weighted by Gasteiger charge is 2.25. The molecule has 2 aromatic carbocycles. The van der Waals surface area contributed by atoms with Gasteiger partial charge in [-0.05, 0) is 90.3 Å². The Labute approximate surface area is 251 Å². The molecular formula is C31H46ClN3O6. The highest BCUT2D eigenvalue weighted by Crippen LogP contribution is 2.28. The van der Waals surface area contributed by atoms with Gasteiger partial charge in [-0.15, -0.1) is 12.4 Å². The monoisotopic (exact) mass is 591 g/mol. The highest BCUT2D eigenvalue weighted by atomic mass is 35.5. The number of benzene rings is 2. The number of hydrogen-bond donors (Lipinski definition) is 1. The summed E-state index contributed by atoms with van der Waals surface area (Å²) in [5.74, 6) is 1.48. The molecule has 0 aromatic heterocycles. The minimum Gasteiger partial charge on any atom is -0.494 e. The molecule has 1 N–H and O–H groups in total. The van der Waals surface area contributed by atoms with Crippen molar-refractivity contribution in [2.45, 2.75) is 66.0 Å². The Bertz CT molecular complexity index is 1100. The van der Waals surface area contributed by atoms with Crippen LogP contribution < -0.4 is 14.2 Å². The summed E-state index contributed by atoms with van der Waals surface area (Å²) in [5.41, 5.74) is 1.12. The van der Waals surface area contributed by atoms with E-state index in [0.29, 0.717) is 36.9 Å². The highest BCUT2D eigenvalue weighted by molar-refractivity contribution is 5.97. The van der Waals surface area contributed by atoms with E-state index in [1.807, 2.05) is 58.9 Å². The molecule has 0 atom stereocenters. The third-order valence-electron chi connectivity index (χ3n) is 6.11. The van der Waals surface area contributed by atoms with Gasteiger partial charge in [-0.2, -0.15) is 0 Å². The third kappa shape index (κ3) is 11.5. The number of rotatable bonds is 16. The van der Waals surface area contributed by atoms with Crippen LogP contribution in [-0.4, -0.2) is 80.1 Å². The number of nitrogens with one attached hydrogen (secondary N) is 1. The van der Waals surface area contributed by atoms with Crippen molar-refractivity contribution in [3.05, 3.63) is 53.6 Å². The Morgan fingerprint density at radius 2 is 1.39 bits per heavy atom. The maximum atomic E-state index is 13.4. The minimum atomic E-state index is -0.197. The molecule has 0 radical (unpaired) electrons. The molecule has 2 rings (SSSR count). The molecule has 0 saturated heterocycles. The lowest BCUT2D eigenvalue weighted by Crippen LogP contribution is -2.42. The first-order valence-corrected chi connectivity index (χ1v) is 13.9. The summed E-state index contributed by atoms with van der Waals surface area (Å²) in [5, 5.41) is 7.82. The fourth-order valence-corrected chi connectivity index (χ4v) is 4.05. The van der Waals surface area contributed by atoms with E-state index >= 15 is 0 Å². The van der Waals surface area contributed by atoms with E-state index < -0.39 is 0 Å². The van der Waals surface area contributed by atoms with Crippen molar-refractivity contribution in [2.75, 3.05) is 40.5 Å². The molecule has 228 valence electrons. The van der Waals surface area contributed by atoms with Gasteiger partial charge in [-0.1, -0.05) is 0 Å². The Balaban J connectivity index is 0.00000840. The lowest BCUT2D eigenvalue weighted by atomic mass is 10.1. The summed E-state index contributed by atoms with van der Waals surface area (Å²) in [4.78, 5) is 28.7. The number of ether oxygens (including phenoxy) is 4. The quantitative estimate of drug-likeness (QED) is 0.150. The van der Waals surface area contributed by atoms with E-state index in [2.05, 4.69) is 0 Å². The Morgan fingerprint density at radius 1 is 0.829 bits per heavy atom. The van der Waals surface area contributed by atoms with E-state index in [1.54, 1.807) is 37.2 Å². The number of nitrogens with zero attached hydrogens (tertiary/aromatic N) is 2. The smallest absolute Gasteiger partial charge is 0.259 e. The van der Waals surface area contributed by atoms with Gasteiger partial charge in [0.15, 0.2) is 6.61 Å². The van der Waals surface area contributed by atoms with Crippen LogP contribution in [0, 0.1) is 5.41 Å². The van der Waals surface area contributed by atoms with Gasteiger partial charge in [0.05, 0.1) is 25.4 Å². The standard InChI is InChI=1S/C31H45N3O6.ClH/c1-8-37-30(32)24-12-14-25(15-13-24)38-18-10-9-11-19-39-26-16-17-27(31(36)34(22(2)3)23(4)5)28(20-26)40-21-29(35)33(6)7;/h12-17,20,22-23,32H,8-11,18-19,21H2,1-7H3;1H. The van der Waals surface area contributed by atoms with Crippen molar-refractivity contribution in [3.63, 3.8) is 0 Å². The van der Waals surface area contributed by atoms with Crippen LogP contribution in [0.1, 0.15) is 69.8 Å². The minimum absolute atomic E-state index is 0. The third-order valence-corrected chi connectivity index (χ3v) is 6.11. The van der Waals surface area contributed by atoms with Gasteiger partial charge < -0.3 is 28.7 Å². The molecule has 0 aliphatic rings. The lowest BCUT2D eigenvalue weighted by Gasteiger charge is -2.31. The van der Waals surface area contributed by atoms with Gasteiger partial charge in [0.25, 0.3) is 11.8 Å². The topological polar surface area (TPSA) is 101 Å². The molecule has 41 heavy (non-hydrogen) atoms. The SMILES string of the molecule is CCOC(=N)c1ccc(OCCCCCOc2ccc(C(=O)N(C(C)C)C(C)C)c(OCC(=O)N(C)C)c2)cc1.Cl. The summed E-state index contributed by atoms with van der Waals surface area (Å²) in [6.45, 7) is 11.1. The molecule has 0 heterocycles.